The van der Waals surface area contributed by atoms with Gasteiger partial charge in [-0.1, -0.05) is 13.8 Å². The minimum atomic E-state index is -0.506. The standard InChI is InChI=1S/C20H30O4/c1-12(21)24-16-7-9-20(3)14-6-8-19(2)10-11-23-18(19)13(14)4-5-15(20)17(16)22/h13-16,18H,4-11H2,1-3H3/t13-,14+,15+,16-,18+,19-,20-/m1/s1. The van der Waals surface area contributed by atoms with Crippen LogP contribution in [0.3, 0.4) is 0 Å². The van der Waals surface area contributed by atoms with Crippen LogP contribution < -0.4 is 0 Å². The highest BCUT2D eigenvalue weighted by Crippen LogP contribution is 2.62. The van der Waals surface area contributed by atoms with E-state index in [1.165, 1.54) is 26.2 Å². The van der Waals surface area contributed by atoms with Gasteiger partial charge in [-0.15, -0.1) is 0 Å². The number of esters is 1. The number of fused-ring (bicyclic) bond motifs is 5. The molecule has 0 bridgehead atoms. The van der Waals surface area contributed by atoms with Crippen molar-refractivity contribution in [2.75, 3.05) is 6.61 Å². The number of ether oxygens (including phenoxy) is 2. The van der Waals surface area contributed by atoms with E-state index in [4.69, 9.17) is 9.47 Å². The molecule has 0 N–H and O–H groups in total. The van der Waals surface area contributed by atoms with E-state index in [0.717, 1.165) is 25.9 Å². The Bertz CT molecular complexity index is 558. The van der Waals surface area contributed by atoms with Gasteiger partial charge in [0.25, 0.3) is 0 Å². The van der Waals surface area contributed by atoms with Crippen LogP contribution in [0.15, 0.2) is 0 Å². The second-order valence-corrected chi connectivity index (χ2v) is 9.18. The van der Waals surface area contributed by atoms with Crippen LogP contribution in [-0.4, -0.2) is 30.6 Å². The molecule has 3 saturated carbocycles. The molecule has 0 aromatic heterocycles. The van der Waals surface area contributed by atoms with E-state index in [1.54, 1.807) is 0 Å². The number of hydrogen-bond acceptors (Lipinski definition) is 4. The average Bonchev–Trinajstić information content (AvgIpc) is 2.92. The zero-order valence-corrected chi connectivity index (χ0v) is 15.2. The van der Waals surface area contributed by atoms with Crippen molar-refractivity contribution >= 4 is 11.8 Å². The molecule has 0 unspecified atom stereocenters. The molecule has 1 heterocycles. The quantitative estimate of drug-likeness (QED) is 0.689. The zero-order chi connectivity index (χ0) is 17.1. The Morgan fingerprint density at radius 3 is 2.67 bits per heavy atom. The van der Waals surface area contributed by atoms with Gasteiger partial charge < -0.3 is 9.47 Å². The summed E-state index contributed by atoms with van der Waals surface area (Å²) >= 11 is 0. The molecule has 24 heavy (non-hydrogen) atoms. The van der Waals surface area contributed by atoms with E-state index in [1.807, 2.05) is 0 Å². The van der Waals surface area contributed by atoms with Gasteiger partial charge in [0.1, 0.15) is 0 Å². The van der Waals surface area contributed by atoms with Crippen molar-refractivity contribution in [3.63, 3.8) is 0 Å². The van der Waals surface area contributed by atoms with Crippen LogP contribution in [0.5, 0.6) is 0 Å². The molecule has 7 atom stereocenters. The molecule has 1 aliphatic heterocycles. The fourth-order valence-electron chi connectivity index (χ4n) is 6.65. The van der Waals surface area contributed by atoms with Gasteiger partial charge in [0, 0.05) is 19.4 Å². The summed E-state index contributed by atoms with van der Waals surface area (Å²) in [4.78, 5) is 24.3. The van der Waals surface area contributed by atoms with Crippen molar-refractivity contribution in [3.8, 4) is 0 Å². The van der Waals surface area contributed by atoms with Gasteiger partial charge in [0.2, 0.25) is 0 Å². The summed E-state index contributed by atoms with van der Waals surface area (Å²) in [7, 11) is 0. The Morgan fingerprint density at radius 1 is 1.12 bits per heavy atom. The molecule has 0 aromatic rings. The smallest absolute Gasteiger partial charge is 0.303 e. The highest BCUT2D eigenvalue weighted by molar-refractivity contribution is 5.89. The molecule has 4 heteroatoms. The van der Waals surface area contributed by atoms with Crippen LogP contribution in [0.4, 0.5) is 0 Å². The first-order chi connectivity index (χ1) is 11.3. The van der Waals surface area contributed by atoms with Crippen molar-refractivity contribution in [3.05, 3.63) is 0 Å². The number of ketones is 1. The Hall–Kier alpha value is -0.900. The summed E-state index contributed by atoms with van der Waals surface area (Å²) < 4.78 is 11.5. The van der Waals surface area contributed by atoms with Gasteiger partial charge in [0.15, 0.2) is 11.9 Å². The Morgan fingerprint density at radius 2 is 1.92 bits per heavy atom. The maximum absolute atomic E-state index is 13.0. The van der Waals surface area contributed by atoms with Crippen molar-refractivity contribution in [2.24, 2.45) is 28.6 Å². The minimum Gasteiger partial charge on any atom is -0.455 e. The van der Waals surface area contributed by atoms with Crippen molar-refractivity contribution in [1.29, 1.82) is 0 Å². The first-order valence-corrected chi connectivity index (χ1v) is 9.68. The fraction of sp³-hybridized carbons (Fsp3) is 0.900. The van der Waals surface area contributed by atoms with Crippen LogP contribution in [0.25, 0.3) is 0 Å². The SMILES string of the molecule is CC(=O)O[C@@H]1CC[C@@]2(C)[C@@H](CC[C@H]3[C@@H]4OCC[C@@]4(C)CC[C@@H]32)C1=O. The number of hydrogen-bond donors (Lipinski definition) is 0. The highest BCUT2D eigenvalue weighted by atomic mass is 16.5. The van der Waals surface area contributed by atoms with Crippen LogP contribution in [0, 0.1) is 28.6 Å². The molecule has 3 aliphatic carbocycles. The predicted octanol–water partition coefficient (Wildman–Crippen LogP) is 3.52. The van der Waals surface area contributed by atoms with Gasteiger partial charge in [-0.05, 0) is 67.6 Å². The largest absolute Gasteiger partial charge is 0.455 e. The third-order valence-corrected chi connectivity index (χ3v) is 7.94. The Balaban J connectivity index is 1.58. The second-order valence-electron chi connectivity index (χ2n) is 9.18. The third-order valence-electron chi connectivity index (χ3n) is 7.94. The molecule has 4 aliphatic rings. The number of Topliss-reactive ketones (excluding diaryl/α,β-unsaturated/α-hetero) is 1. The van der Waals surface area contributed by atoms with Crippen LogP contribution in [0.1, 0.15) is 65.7 Å². The van der Waals surface area contributed by atoms with Gasteiger partial charge in [0.05, 0.1) is 6.10 Å². The number of carbonyl (C=O) groups excluding carboxylic acids is 2. The molecule has 0 aromatic carbocycles. The van der Waals surface area contributed by atoms with E-state index >= 15 is 0 Å². The molecule has 4 fully saturated rings. The maximum atomic E-state index is 13.0. The first-order valence-electron chi connectivity index (χ1n) is 9.68. The lowest BCUT2D eigenvalue weighted by Gasteiger charge is -2.59. The van der Waals surface area contributed by atoms with Crippen molar-refractivity contribution in [1.82, 2.24) is 0 Å². The first kappa shape index (κ1) is 16.6. The zero-order valence-electron chi connectivity index (χ0n) is 15.2. The lowest BCUT2D eigenvalue weighted by atomic mass is 9.46. The molecule has 1 saturated heterocycles. The normalized spacial score (nSPS) is 50.6. The molecular formula is C20H30O4. The molecule has 0 spiro atoms. The summed E-state index contributed by atoms with van der Waals surface area (Å²) in [6, 6.07) is 0. The molecule has 4 rings (SSSR count). The van der Waals surface area contributed by atoms with Gasteiger partial charge in [-0.2, -0.15) is 0 Å². The van der Waals surface area contributed by atoms with Gasteiger partial charge >= 0.3 is 5.97 Å². The summed E-state index contributed by atoms with van der Waals surface area (Å²) in [6.45, 7) is 7.03. The van der Waals surface area contributed by atoms with Crippen molar-refractivity contribution in [2.45, 2.75) is 77.9 Å². The molecule has 0 amide bonds. The lowest BCUT2D eigenvalue weighted by Crippen LogP contribution is -2.58. The van der Waals surface area contributed by atoms with Gasteiger partial charge in [-0.25, -0.2) is 0 Å². The highest BCUT2D eigenvalue weighted by Gasteiger charge is 2.61. The molecular weight excluding hydrogens is 304 g/mol. The minimum absolute atomic E-state index is 0.0580. The van der Waals surface area contributed by atoms with E-state index in [-0.39, 0.29) is 23.1 Å². The lowest BCUT2D eigenvalue weighted by molar-refractivity contribution is -0.175. The number of carbonyl (C=O) groups is 2. The van der Waals surface area contributed by atoms with E-state index in [0.29, 0.717) is 29.8 Å². The van der Waals surface area contributed by atoms with E-state index in [2.05, 4.69) is 13.8 Å². The Kier molecular flexibility index (Phi) is 3.83. The molecule has 4 nitrogen and oxygen atoms in total. The summed E-state index contributed by atoms with van der Waals surface area (Å²) in [5, 5.41) is 0. The predicted molar refractivity (Wildman–Crippen MR) is 89.3 cm³/mol. The summed E-state index contributed by atoms with van der Waals surface area (Å²) in [5.74, 6) is 1.08. The van der Waals surface area contributed by atoms with Crippen LogP contribution in [0.2, 0.25) is 0 Å². The van der Waals surface area contributed by atoms with E-state index < -0.39 is 6.10 Å². The number of rotatable bonds is 1. The van der Waals surface area contributed by atoms with E-state index in [9.17, 15) is 9.59 Å². The second kappa shape index (κ2) is 5.55. The van der Waals surface area contributed by atoms with Crippen molar-refractivity contribution < 1.29 is 19.1 Å². The average molecular weight is 334 g/mol. The fourth-order valence-corrected chi connectivity index (χ4v) is 6.65. The topological polar surface area (TPSA) is 52.6 Å². The van der Waals surface area contributed by atoms with Gasteiger partial charge in [-0.3, -0.25) is 9.59 Å². The van der Waals surface area contributed by atoms with Crippen LogP contribution >= 0.6 is 0 Å². The maximum Gasteiger partial charge on any atom is 0.303 e. The third kappa shape index (κ3) is 2.28. The summed E-state index contributed by atoms with van der Waals surface area (Å²) in [6.07, 6.45) is 7.22. The molecule has 134 valence electrons. The molecule has 0 radical (unpaired) electrons. The Labute approximate surface area is 144 Å². The van der Waals surface area contributed by atoms with Crippen LogP contribution in [-0.2, 0) is 19.1 Å². The summed E-state index contributed by atoms with van der Waals surface area (Å²) in [5.41, 5.74) is 0.410. The monoisotopic (exact) mass is 334 g/mol.